The fourth-order valence-electron chi connectivity index (χ4n) is 5.44. The molecule has 0 heterocycles. The smallest absolute Gasteiger partial charge is 0.493 e. The maximum Gasteiger partial charge on any atom is 0.534 e. The lowest BCUT2D eigenvalue weighted by molar-refractivity contribution is -0.145. The van der Waals surface area contributed by atoms with Crippen LogP contribution in [0.4, 0.5) is 13.2 Å². The number of halogens is 3. The summed E-state index contributed by atoms with van der Waals surface area (Å²) in [5.41, 5.74) is -2.66. The highest BCUT2D eigenvalue weighted by Crippen LogP contribution is 2.39. The molecule has 0 amide bonds. The van der Waals surface area contributed by atoms with E-state index in [-0.39, 0.29) is 37.8 Å². The Balaban J connectivity index is 0.000000400. The summed E-state index contributed by atoms with van der Waals surface area (Å²) in [7, 11) is -2.72. The SMILES string of the molecule is CCOC(=O)CC(C)(C)c1ccc(-c2ccc(C=O)cc2)c(OCCCOC)c1.CCOC(=O)CC(C)(C)c1ccc(OS(=O)(=O)C(F)(F)F)c(OCCCOC)c1. The Morgan fingerprint density at radius 2 is 1.12 bits per heavy atom. The summed E-state index contributed by atoms with van der Waals surface area (Å²) in [4.78, 5) is 34.8. The van der Waals surface area contributed by atoms with Crippen LogP contribution in [0.2, 0.25) is 0 Å². The zero-order chi connectivity index (χ0) is 43.6. The summed E-state index contributed by atoms with van der Waals surface area (Å²) in [5, 5.41) is 0. The summed E-state index contributed by atoms with van der Waals surface area (Å²) in [6, 6.07) is 17.2. The molecule has 12 nitrogen and oxygen atoms in total. The first-order valence-electron chi connectivity index (χ1n) is 18.6. The Morgan fingerprint density at radius 1 is 0.655 bits per heavy atom. The van der Waals surface area contributed by atoms with Crippen LogP contribution in [0.5, 0.6) is 17.2 Å². The number of benzene rings is 3. The topological polar surface area (TPSA) is 150 Å². The van der Waals surface area contributed by atoms with Gasteiger partial charge in [-0.25, -0.2) is 0 Å². The number of hydrogen-bond acceptors (Lipinski definition) is 12. The maximum absolute atomic E-state index is 12.7. The number of carbonyl (C=O) groups is 3. The molecule has 58 heavy (non-hydrogen) atoms. The molecule has 0 N–H and O–H groups in total. The molecule has 0 aliphatic carbocycles. The Labute approximate surface area is 339 Å². The van der Waals surface area contributed by atoms with Crippen LogP contribution in [0.25, 0.3) is 11.1 Å². The van der Waals surface area contributed by atoms with Crippen molar-refractivity contribution in [3.8, 4) is 28.4 Å². The predicted molar refractivity (Wildman–Crippen MR) is 212 cm³/mol. The molecular formula is C42H55F3O12S. The quantitative estimate of drug-likeness (QED) is 0.0315. The molecule has 0 bridgehead atoms. The van der Waals surface area contributed by atoms with Crippen LogP contribution in [0.3, 0.4) is 0 Å². The number of hydrogen-bond donors (Lipinski definition) is 0. The van der Waals surface area contributed by atoms with E-state index in [1.807, 2.05) is 51.1 Å². The minimum Gasteiger partial charge on any atom is -0.493 e. The Bertz CT molecular complexity index is 1870. The van der Waals surface area contributed by atoms with Crippen molar-refractivity contribution in [2.24, 2.45) is 0 Å². The van der Waals surface area contributed by atoms with Gasteiger partial charge in [0, 0.05) is 62.2 Å². The van der Waals surface area contributed by atoms with E-state index in [0.717, 1.165) is 41.2 Å². The van der Waals surface area contributed by atoms with Crippen molar-refractivity contribution in [2.45, 2.75) is 83.6 Å². The molecule has 3 aromatic rings. The van der Waals surface area contributed by atoms with E-state index in [4.69, 9.17) is 28.4 Å². The van der Waals surface area contributed by atoms with Gasteiger partial charge in [-0.05, 0) is 48.7 Å². The standard InChI is InChI=1S/C24H30O5.C18H25F3O7S/c1-5-28-23(26)16-24(2,3)20-11-12-21(19-9-7-18(17-25)8-10-19)22(15-20)29-14-6-13-27-4;1-5-26-16(22)12-17(2,3)13-7-8-14(28-29(23,24)18(19,20)21)15(11-13)27-10-6-9-25-4/h7-12,15,17H,5-6,13-14,16H2,1-4H3;7-8,11H,5-6,9-10,12H2,1-4H3. The van der Waals surface area contributed by atoms with E-state index in [2.05, 4.69) is 4.18 Å². The van der Waals surface area contributed by atoms with Crippen molar-refractivity contribution in [1.82, 2.24) is 0 Å². The summed E-state index contributed by atoms with van der Waals surface area (Å²) >= 11 is 0. The fourth-order valence-corrected chi connectivity index (χ4v) is 5.91. The number of methoxy groups -OCH3 is 2. The maximum atomic E-state index is 12.7. The molecule has 0 saturated heterocycles. The zero-order valence-corrected chi connectivity index (χ0v) is 35.2. The largest absolute Gasteiger partial charge is 0.534 e. The van der Waals surface area contributed by atoms with Crippen LogP contribution in [-0.4, -0.2) is 86.0 Å². The fraction of sp³-hybridized carbons (Fsp3) is 0.500. The second-order valence-electron chi connectivity index (χ2n) is 14.2. The molecule has 0 radical (unpaired) electrons. The van der Waals surface area contributed by atoms with Gasteiger partial charge in [-0.15, -0.1) is 0 Å². The summed E-state index contributed by atoms with van der Waals surface area (Å²) in [6.07, 6.45) is 2.31. The number of ether oxygens (including phenoxy) is 6. The van der Waals surface area contributed by atoms with E-state index in [9.17, 15) is 36.0 Å². The zero-order valence-electron chi connectivity index (χ0n) is 34.4. The Kier molecular flexibility index (Phi) is 19.7. The van der Waals surface area contributed by atoms with Gasteiger partial charge in [0.2, 0.25) is 0 Å². The van der Waals surface area contributed by atoms with E-state index in [1.165, 1.54) is 19.2 Å². The van der Waals surface area contributed by atoms with Gasteiger partial charge in [-0.3, -0.25) is 14.4 Å². The summed E-state index contributed by atoms with van der Waals surface area (Å²) < 4.78 is 96.5. The van der Waals surface area contributed by atoms with E-state index in [0.29, 0.717) is 44.0 Å². The second kappa shape index (κ2) is 23.1. The van der Waals surface area contributed by atoms with Gasteiger partial charge in [0.05, 0.1) is 39.3 Å². The first-order chi connectivity index (χ1) is 27.2. The van der Waals surface area contributed by atoms with Gasteiger partial charge < -0.3 is 32.6 Å². The predicted octanol–water partition coefficient (Wildman–Crippen LogP) is 8.37. The first-order valence-corrected chi connectivity index (χ1v) is 20.1. The molecular weight excluding hydrogens is 786 g/mol. The third-order valence-electron chi connectivity index (χ3n) is 8.61. The molecule has 0 atom stereocenters. The van der Waals surface area contributed by atoms with E-state index < -0.39 is 38.2 Å². The van der Waals surface area contributed by atoms with Gasteiger partial charge in [0.1, 0.15) is 12.0 Å². The number of rotatable bonds is 22. The molecule has 3 rings (SSSR count). The molecule has 0 saturated carbocycles. The normalized spacial score (nSPS) is 11.8. The third-order valence-corrected chi connectivity index (χ3v) is 9.58. The highest BCUT2D eigenvalue weighted by Gasteiger charge is 2.49. The summed E-state index contributed by atoms with van der Waals surface area (Å²) in [5.74, 6) is -0.707. The van der Waals surface area contributed by atoms with E-state index in [1.54, 1.807) is 40.0 Å². The van der Waals surface area contributed by atoms with Crippen LogP contribution in [0, 0.1) is 0 Å². The van der Waals surface area contributed by atoms with Crippen molar-refractivity contribution >= 4 is 28.3 Å². The van der Waals surface area contributed by atoms with Gasteiger partial charge in [-0.1, -0.05) is 70.2 Å². The molecule has 322 valence electrons. The van der Waals surface area contributed by atoms with Crippen molar-refractivity contribution in [1.29, 1.82) is 0 Å². The Hall–Kier alpha value is -4.67. The minimum atomic E-state index is -5.86. The third kappa shape index (κ3) is 15.6. The summed E-state index contributed by atoms with van der Waals surface area (Å²) in [6.45, 7) is 13.1. The molecule has 0 spiro atoms. The minimum absolute atomic E-state index is 0.00497. The second-order valence-corrected chi connectivity index (χ2v) is 15.8. The van der Waals surface area contributed by atoms with Gasteiger partial charge in [0.25, 0.3) is 0 Å². The average molecular weight is 841 g/mol. The number of carbonyl (C=O) groups excluding carboxylic acids is 3. The number of alkyl halides is 3. The lowest BCUT2D eigenvalue weighted by Crippen LogP contribution is -2.28. The van der Waals surface area contributed by atoms with Crippen LogP contribution in [0.15, 0.2) is 60.7 Å². The van der Waals surface area contributed by atoms with Crippen molar-refractivity contribution in [2.75, 3.05) is 53.9 Å². The van der Waals surface area contributed by atoms with Gasteiger partial charge in [0.15, 0.2) is 11.5 Å². The van der Waals surface area contributed by atoms with Crippen LogP contribution in [0.1, 0.15) is 88.7 Å². The lowest BCUT2D eigenvalue weighted by Gasteiger charge is -2.25. The number of aldehydes is 1. The molecule has 0 aliphatic heterocycles. The van der Waals surface area contributed by atoms with Crippen LogP contribution < -0.4 is 13.7 Å². The first kappa shape index (κ1) is 49.5. The van der Waals surface area contributed by atoms with E-state index >= 15 is 0 Å². The van der Waals surface area contributed by atoms with Crippen molar-refractivity contribution in [3.63, 3.8) is 0 Å². The average Bonchev–Trinajstić information content (AvgIpc) is 3.15. The monoisotopic (exact) mass is 840 g/mol. The molecule has 0 aromatic heterocycles. The molecule has 3 aromatic carbocycles. The van der Waals surface area contributed by atoms with Crippen LogP contribution >= 0.6 is 0 Å². The van der Waals surface area contributed by atoms with Gasteiger partial charge >= 0.3 is 27.6 Å². The van der Waals surface area contributed by atoms with Crippen molar-refractivity contribution < 1.29 is 68.6 Å². The van der Waals surface area contributed by atoms with Crippen molar-refractivity contribution in [3.05, 3.63) is 77.4 Å². The molecule has 0 unspecified atom stereocenters. The Morgan fingerprint density at radius 3 is 1.57 bits per heavy atom. The molecule has 0 aliphatic rings. The molecule has 16 heteroatoms. The lowest BCUT2D eigenvalue weighted by atomic mass is 9.81. The van der Waals surface area contributed by atoms with Gasteiger partial charge in [-0.2, -0.15) is 21.6 Å². The number of esters is 2. The highest BCUT2D eigenvalue weighted by molar-refractivity contribution is 7.88. The highest BCUT2D eigenvalue weighted by atomic mass is 32.2. The molecule has 0 fully saturated rings. The van der Waals surface area contributed by atoms with Crippen LogP contribution in [-0.2, 0) is 49.5 Å².